The molecule has 0 fully saturated rings. The van der Waals surface area contributed by atoms with Crippen molar-refractivity contribution >= 4 is 33.5 Å². The fraction of sp³-hybridized carbons (Fsp3) is 0.833. The Hall–Kier alpha value is -0.400. The molecule has 0 bridgehead atoms. The van der Waals surface area contributed by atoms with E-state index in [9.17, 15) is 9.59 Å². The molecule has 0 spiro atoms. The van der Waals surface area contributed by atoms with Crippen LogP contribution in [0.5, 0.6) is 0 Å². The normalized spacial score (nSPS) is 13.1. The molecule has 0 radical (unpaired) electrons. The summed E-state index contributed by atoms with van der Waals surface area (Å²) in [7, 11) is 4.96. The van der Waals surface area contributed by atoms with E-state index < -0.39 is 12.0 Å². The number of carbonyl (C=O) groups excluding carboxylic acids is 1. The lowest BCUT2D eigenvalue weighted by atomic mass is 10.1. The van der Waals surface area contributed by atoms with Crippen LogP contribution in [0.4, 0.5) is 0 Å². The third-order valence-corrected chi connectivity index (χ3v) is 6.14. The number of rotatable bonds is 9. The highest BCUT2D eigenvalue weighted by atomic mass is 33.1. The van der Waals surface area contributed by atoms with Crippen molar-refractivity contribution in [2.24, 2.45) is 5.73 Å². The Kier molecular flexibility index (Phi) is 8.52. The van der Waals surface area contributed by atoms with Gasteiger partial charge in [0.2, 0.25) is 5.91 Å². The second kappa shape index (κ2) is 8.71. The molecule has 0 aliphatic carbocycles. The quantitative estimate of drug-likeness (QED) is 0.499. The summed E-state index contributed by atoms with van der Waals surface area (Å²) < 4.78 is -0.0250. The van der Waals surface area contributed by atoms with Gasteiger partial charge in [0.1, 0.15) is 6.04 Å². The zero-order valence-corrected chi connectivity index (χ0v) is 13.6. The van der Waals surface area contributed by atoms with Crippen molar-refractivity contribution in [1.29, 1.82) is 0 Å². The summed E-state index contributed by atoms with van der Waals surface area (Å²) in [5.74, 6) is -0.228. The van der Waals surface area contributed by atoms with E-state index in [1.165, 1.54) is 18.9 Å². The second-order valence-corrected chi connectivity index (χ2v) is 8.10. The molecule has 7 heteroatoms. The summed E-state index contributed by atoms with van der Waals surface area (Å²) in [6.07, 6.45) is 1.07. The standard InChI is InChI=1S/C12H24N2O3S2/c1-9(11(16)17)14(4)10(15)5-6-12(2,3)19-18-8-7-13/h9H,5-8,13H2,1-4H3,(H,16,17)/t9-/m0/s1. The number of hydrogen-bond donors (Lipinski definition) is 2. The number of carboxylic acid groups (broad SMARTS) is 1. The van der Waals surface area contributed by atoms with E-state index in [4.69, 9.17) is 10.8 Å². The predicted molar refractivity (Wildman–Crippen MR) is 82.3 cm³/mol. The van der Waals surface area contributed by atoms with Gasteiger partial charge in [0.05, 0.1) is 0 Å². The molecule has 0 aromatic carbocycles. The highest BCUT2D eigenvalue weighted by Gasteiger charge is 2.25. The van der Waals surface area contributed by atoms with E-state index in [1.807, 2.05) is 0 Å². The molecule has 1 atom stereocenters. The monoisotopic (exact) mass is 308 g/mol. The Morgan fingerprint density at radius 2 is 2.00 bits per heavy atom. The number of nitrogens with zero attached hydrogens (tertiary/aromatic N) is 1. The van der Waals surface area contributed by atoms with E-state index in [1.54, 1.807) is 21.6 Å². The van der Waals surface area contributed by atoms with Crippen molar-refractivity contribution in [3.8, 4) is 0 Å². The summed E-state index contributed by atoms with van der Waals surface area (Å²) in [4.78, 5) is 24.0. The van der Waals surface area contributed by atoms with E-state index in [-0.39, 0.29) is 10.7 Å². The number of amides is 1. The molecule has 0 saturated carbocycles. The van der Waals surface area contributed by atoms with E-state index in [0.717, 1.165) is 5.75 Å². The Labute approximate surface area is 123 Å². The summed E-state index contributed by atoms with van der Waals surface area (Å²) in [6, 6.07) is -0.783. The maximum absolute atomic E-state index is 11.9. The Morgan fingerprint density at radius 3 is 2.47 bits per heavy atom. The molecule has 112 valence electrons. The predicted octanol–water partition coefficient (Wildman–Crippen LogP) is 1.82. The summed E-state index contributed by atoms with van der Waals surface area (Å²) in [5.41, 5.74) is 5.43. The molecule has 0 saturated heterocycles. The lowest BCUT2D eigenvalue weighted by Crippen LogP contribution is -2.40. The third-order valence-electron chi connectivity index (χ3n) is 2.76. The number of aliphatic carboxylic acids is 1. The first-order valence-electron chi connectivity index (χ1n) is 6.20. The van der Waals surface area contributed by atoms with Crippen LogP contribution in [-0.4, -0.2) is 52.0 Å². The van der Waals surface area contributed by atoms with Crippen molar-refractivity contribution in [2.75, 3.05) is 19.3 Å². The van der Waals surface area contributed by atoms with Crippen LogP contribution >= 0.6 is 21.6 Å². The van der Waals surface area contributed by atoms with Gasteiger partial charge in [-0.3, -0.25) is 4.79 Å². The van der Waals surface area contributed by atoms with E-state index in [0.29, 0.717) is 19.4 Å². The minimum absolute atomic E-state index is 0.0250. The van der Waals surface area contributed by atoms with Crippen LogP contribution < -0.4 is 5.73 Å². The van der Waals surface area contributed by atoms with Crippen LogP contribution in [0.15, 0.2) is 0 Å². The molecule has 0 aromatic heterocycles. The number of carbonyl (C=O) groups is 2. The first-order valence-corrected chi connectivity index (χ1v) is 8.52. The molecule has 0 unspecified atom stereocenters. The van der Waals surface area contributed by atoms with Crippen LogP contribution in [0, 0.1) is 0 Å². The zero-order valence-electron chi connectivity index (χ0n) is 12.0. The largest absolute Gasteiger partial charge is 0.480 e. The molecular formula is C12H24N2O3S2. The highest BCUT2D eigenvalue weighted by Crippen LogP contribution is 2.38. The topological polar surface area (TPSA) is 83.6 Å². The van der Waals surface area contributed by atoms with E-state index >= 15 is 0 Å². The van der Waals surface area contributed by atoms with Gasteiger partial charge >= 0.3 is 5.97 Å². The third kappa shape index (κ3) is 7.69. The van der Waals surface area contributed by atoms with Gasteiger partial charge in [-0.05, 0) is 27.2 Å². The maximum Gasteiger partial charge on any atom is 0.326 e. The number of likely N-dealkylation sites (N-methyl/N-ethyl adjacent to an activating group) is 1. The molecule has 1 amide bonds. The summed E-state index contributed by atoms with van der Waals surface area (Å²) in [5, 5.41) is 8.86. The fourth-order valence-corrected chi connectivity index (χ4v) is 3.69. The lowest BCUT2D eigenvalue weighted by molar-refractivity contribution is -0.148. The van der Waals surface area contributed by atoms with Gasteiger partial charge in [-0.15, -0.1) is 0 Å². The Morgan fingerprint density at radius 1 is 1.42 bits per heavy atom. The second-order valence-electron chi connectivity index (χ2n) is 4.97. The van der Waals surface area contributed by atoms with Gasteiger partial charge in [0.15, 0.2) is 0 Å². The Balaban J connectivity index is 4.16. The summed E-state index contributed by atoms with van der Waals surface area (Å²) >= 11 is 0. The molecule has 19 heavy (non-hydrogen) atoms. The average molecular weight is 308 g/mol. The van der Waals surface area contributed by atoms with Gasteiger partial charge < -0.3 is 15.7 Å². The minimum atomic E-state index is -0.983. The first kappa shape index (κ1) is 18.6. The van der Waals surface area contributed by atoms with Crippen molar-refractivity contribution in [2.45, 2.75) is 44.4 Å². The smallest absolute Gasteiger partial charge is 0.326 e. The van der Waals surface area contributed by atoms with Crippen LogP contribution in [0.2, 0.25) is 0 Å². The number of nitrogens with two attached hydrogens (primary N) is 1. The summed E-state index contributed by atoms with van der Waals surface area (Å²) in [6.45, 7) is 6.31. The molecule has 0 aliphatic rings. The Bertz CT molecular complexity index is 311. The van der Waals surface area contributed by atoms with Crippen molar-refractivity contribution in [3.05, 3.63) is 0 Å². The van der Waals surface area contributed by atoms with Crippen molar-refractivity contribution in [1.82, 2.24) is 4.90 Å². The molecule has 3 N–H and O–H groups in total. The molecule has 0 heterocycles. The maximum atomic E-state index is 11.9. The van der Waals surface area contributed by atoms with Gasteiger partial charge in [-0.2, -0.15) is 0 Å². The highest BCUT2D eigenvalue weighted by molar-refractivity contribution is 8.77. The molecule has 5 nitrogen and oxygen atoms in total. The average Bonchev–Trinajstić information content (AvgIpc) is 2.34. The molecule has 0 rings (SSSR count). The van der Waals surface area contributed by atoms with Gasteiger partial charge in [0, 0.05) is 30.5 Å². The van der Waals surface area contributed by atoms with Gasteiger partial charge in [0.25, 0.3) is 0 Å². The zero-order chi connectivity index (χ0) is 15.1. The first-order chi connectivity index (χ1) is 8.71. The number of carboxylic acids is 1. The van der Waals surface area contributed by atoms with Crippen LogP contribution in [0.3, 0.4) is 0 Å². The van der Waals surface area contributed by atoms with Gasteiger partial charge in [-0.25, -0.2) is 4.79 Å². The molecule has 0 aromatic rings. The van der Waals surface area contributed by atoms with Crippen LogP contribution in [-0.2, 0) is 9.59 Å². The van der Waals surface area contributed by atoms with E-state index in [2.05, 4.69) is 13.8 Å². The molecule has 0 aliphatic heterocycles. The van der Waals surface area contributed by atoms with Crippen LogP contribution in [0.25, 0.3) is 0 Å². The van der Waals surface area contributed by atoms with Crippen LogP contribution in [0.1, 0.15) is 33.6 Å². The fourth-order valence-electron chi connectivity index (χ4n) is 1.26. The molecular weight excluding hydrogens is 284 g/mol. The van der Waals surface area contributed by atoms with Gasteiger partial charge in [-0.1, -0.05) is 21.6 Å². The van der Waals surface area contributed by atoms with Crippen molar-refractivity contribution in [3.63, 3.8) is 0 Å². The SMILES string of the molecule is C[C@@H](C(=O)O)N(C)C(=O)CCC(C)(C)SSCCN. The lowest BCUT2D eigenvalue weighted by Gasteiger charge is -2.26. The number of hydrogen-bond acceptors (Lipinski definition) is 5. The van der Waals surface area contributed by atoms with Crippen molar-refractivity contribution < 1.29 is 14.7 Å². The minimum Gasteiger partial charge on any atom is -0.480 e.